The summed E-state index contributed by atoms with van der Waals surface area (Å²) in [4.78, 5) is 0. The maximum absolute atomic E-state index is 12.1. The maximum atomic E-state index is 12.1. The molecule has 20 heavy (non-hydrogen) atoms. The number of nitrogens with zero attached hydrogens (tertiary/aromatic N) is 1. The Balaban J connectivity index is 1.64. The summed E-state index contributed by atoms with van der Waals surface area (Å²) in [5.74, 6) is 0.753. The molecule has 0 aromatic heterocycles. The van der Waals surface area contributed by atoms with Crippen molar-refractivity contribution in [3.8, 4) is 0 Å². The Morgan fingerprint density at radius 2 is 1.90 bits per heavy atom. The average molecular weight is 306 g/mol. The molecule has 1 aliphatic heterocycles. The van der Waals surface area contributed by atoms with Gasteiger partial charge in [0.15, 0.2) is 0 Å². The molecule has 2 rings (SSSR count). The Kier molecular flexibility index (Phi) is 5.80. The van der Waals surface area contributed by atoms with E-state index in [1.165, 1.54) is 17.1 Å². The third kappa shape index (κ3) is 5.29. The molecule has 0 aromatic carbocycles. The number of rotatable bonds is 8. The third-order valence-corrected chi connectivity index (χ3v) is 5.07. The zero-order valence-corrected chi connectivity index (χ0v) is 13.2. The van der Waals surface area contributed by atoms with Gasteiger partial charge in [0.1, 0.15) is 0 Å². The van der Waals surface area contributed by atoms with Gasteiger partial charge in [-0.25, -0.2) is 4.72 Å². The second kappa shape index (κ2) is 7.17. The summed E-state index contributed by atoms with van der Waals surface area (Å²) in [5, 5.41) is 0. The summed E-state index contributed by atoms with van der Waals surface area (Å²) >= 11 is 0. The van der Waals surface area contributed by atoms with Crippen molar-refractivity contribution in [2.75, 3.05) is 32.8 Å². The molecule has 0 radical (unpaired) electrons. The van der Waals surface area contributed by atoms with Crippen molar-refractivity contribution in [1.29, 1.82) is 0 Å². The Labute approximate surface area is 122 Å². The summed E-state index contributed by atoms with van der Waals surface area (Å²) in [6.07, 6.45) is 3.15. The van der Waals surface area contributed by atoms with Crippen molar-refractivity contribution in [3.05, 3.63) is 0 Å². The molecule has 2 atom stereocenters. The van der Waals surface area contributed by atoms with Gasteiger partial charge in [-0.3, -0.25) is 0 Å². The van der Waals surface area contributed by atoms with E-state index in [1.54, 1.807) is 0 Å². The fourth-order valence-electron chi connectivity index (χ4n) is 2.33. The van der Waals surface area contributed by atoms with E-state index in [0.29, 0.717) is 32.7 Å². The van der Waals surface area contributed by atoms with Crippen LogP contribution in [0.25, 0.3) is 0 Å². The molecule has 1 N–H and O–H groups in total. The van der Waals surface area contributed by atoms with Crippen LogP contribution in [-0.2, 0) is 19.7 Å². The summed E-state index contributed by atoms with van der Waals surface area (Å²) in [5.41, 5.74) is 0. The van der Waals surface area contributed by atoms with Crippen LogP contribution in [0.2, 0.25) is 0 Å². The van der Waals surface area contributed by atoms with Crippen LogP contribution in [0.3, 0.4) is 0 Å². The van der Waals surface area contributed by atoms with Gasteiger partial charge in [0, 0.05) is 32.8 Å². The van der Waals surface area contributed by atoms with Crippen molar-refractivity contribution >= 4 is 10.2 Å². The molecule has 2 fully saturated rings. The van der Waals surface area contributed by atoms with Crippen molar-refractivity contribution in [1.82, 2.24) is 9.03 Å². The molecule has 0 spiro atoms. The zero-order valence-electron chi connectivity index (χ0n) is 12.4. The molecule has 7 heteroatoms. The van der Waals surface area contributed by atoms with Gasteiger partial charge in [-0.2, -0.15) is 12.7 Å². The quantitative estimate of drug-likeness (QED) is 0.672. The largest absolute Gasteiger partial charge is 0.381 e. The summed E-state index contributed by atoms with van der Waals surface area (Å²) < 4.78 is 39.4. The number of hydrogen-bond donors (Lipinski definition) is 1. The fraction of sp³-hybridized carbons (Fsp3) is 1.00. The van der Waals surface area contributed by atoms with E-state index >= 15 is 0 Å². The number of ether oxygens (including phenoxy) is 2. The molecule has 118 valence electrons. The highest BCUT2D eigenvalue weighted by Crippen LogP contribution is 2.28. The molecule has 0 aromatic rings. The molecule has 0 amide bonds. The first-order chi connectivity index (χ1) is 9.47. The SMILES string of the molecule is C[C@@H]1CN(S(=O)(=O)NCCCOCC2CC2)C[C@@H](C)O1. The Hall–Kier alpha value is -0.210. The van der Waals surface area contributed by atoms with E-state index in [-0.39, 0.29) is 12.2 Å². The van der Waals surface area contributed by atoms with Crippen LogP contribution < -0.4 is 4.72 Å². The maximum Gasteiger partial charge on any atom is 0.279 e. The minimum atomic E-state index is -3.39. The first-order valence-electron chi connectivity index (χ1n) is 7.45. The van der Waals surface area contributed by atoms with E-state index in [9.17, 15) is 8.42 Å². The van der Waals surface area contributed by atoms with E-state index in [2.05, 4.69) is 4.72 Å². The summed E-state index contributed by atoms with van der Waals surface area (Å²) in [7, 11) is -3.39. The van der Waals surface area contributed by atoms with E-state index < -0.39 is 10.2 Å². The Morgan fingerprint density at radius 1 is 1.25 bits per heavy atom. The first kappa shape index (κ1) is 16.2. The minimum absolute atomic E-state index is 0.0581. The highest BCUT2D eigenvalue weighted by Gasteiger charge is 2.30. The lowest BCUT2D eigenvalue weighted by atomic mass is 10.3. The van der Waals surface area contributed by atoms with Crippen molar-refractivity contribution in [2.24, 2.45) is 5.92 Å². The van der Waals surface area contributed by atoms with Crippen LogP contribution in [0, 0.1) is 5.92 Å². The van der Waals surface area contributed by atoms with Crippen LogP contribution in [-0.4, -0.2) is 57.8 Å². The van der Waals surface area contributed by atoms with Crippen LogP contribution >= 0.6 is 0 Å². The van der Waals surface area contributed by atoms with Gasteiger partial charge in [-0.1, -0.05) is 0 Å². The predicted molar refractivity (Wildman–Crippen MR) is 76.7 cm³/mol. The highest BCUT2D eigenvalue weighted by molar-refractivity contribution is 7.87. The lowest BCUT2D eigenvalue weighted by molar-refractivity contribution is -0.0444. The molecule has 6 nitrogen and oxygen atoms in total. The second-order valence-electron chi connectivity index (χ2n) is 5.85. The van der Waals surface area contributed by atoms with Crippen LogP contribution in [0.5, 0.6) is 0 Å². The first-order valence-corrected chi connectivity index (χ1v) is 8.89. The van der Waals surface area contributed by atoms with Crippen molar-refractivity contribution in [3.63, 3.8) is 0 Å². The molecule has 1 heterocycles. The van der Waals surface area contributed by atoms with Gasteiger partial charge in [0.2, 0.25) is 0 Å². The molecular formula is C13H26N2O4S. The molecule has 0 bridgehead atoms. The van der Waals surface area contributed by atoms with Gasteiger partial charge >= 0.3 is 0 Å². The Bertz CT molecular complexity index is 387. The van der Waals surface area contributed by atoms with Crippen molar-refractivity contribution in [2.45, 2.75) is 45.3 Å². The van der Waals surface area contributed by atoms with Gasteiger partial charge < -0.3 is 9.47 Å². The smallest absolute Gasteiger partial charge is 0.279 e. The molecule has 1 saturated carbocycles. The third-order valence-electron chi connectivity index (χ3n) is 3.53. The van der Waals surface area contributed by atoms with E-state index in [0.717, 1.165) is 12.5 Å². The molecule has 1 saturated heterocycles. The van der Waals surface area contributed by atoms with Gasteiger partial charge in [0.25, 0.3) is 10.2 Å². The van der Waals surface area contributed by atoms with Gasteiger partial charge in [-0.05, 0) is 39.0 Å². The molecule has 0 unspecified atom stereocenters. The predicted octanol–water partition coefficient (Wildman–Crippen LogP) is 0.747. The standard InChI is InChI=1S/C13H26N2O4S/c1-11-8-15(9-12(2)19-11)20(16,17)14-6-3-7-18-10-13-4-5-13/h11-14H,3-10H2,1-2H3/t11-,12-/m1/s1. The second-order valence-corrected chi connectivity index (χ2v) is 7.60. The highest BCUT2D eigenvalue weighted by atomic mass is 32.2. The molecule has 2 aliphatic rings. The average Bonchev–Trinajstić information content (AvgIpc) is 3.16. The van der Waals surface area contributed by atoms with E-state index in [1.807, 2.05) is 13.8 Å². The lowest BCUT2D eigenvalue weighted by Gasteiger charge is -2.34. The summed E-state index contributed by atoms with van der Waals surface area (Å²) in [6.45, 7) is 6.48. The Morgan fingerprint density at radius 3 is 2.50 bits per heavy atom. The van der Waals surface area contributed by atoms with Crippen LogP contribution in [0.15, 0.2) is 0 Å². The molecular weight excluding hydrogens is 280 g/mol. The topological polar surface area (TPSA) is 67.9 Å². The van der Waals surface area contributed by atoms with E-state index in [4.69, 9.17) is 9.47 Å². The number of morpholine rings is 1. The summed E-state index contributed by atoms with van der Waals surface area (Å²) in [6, 6.07) is 0. The monoisotopic (exact) mass is 306 g/mol. The molecule has 1 aliphatic carbocycles. The lowest BCUT2D eigenvalue weighted by Crippen LogP contribution is -2.52. The number of hydrogen-bond acceptors (Lipinski definition) is 4. The zero-order chi connectivity index (χ0) is 14.6. The minimum Gasteiger partial charge on any atom is -0.381 e. The van der Waals surface area contributed by atoms with Crippen molar-refractivity contribution < 1.29 is 17.9 Å². The fourth-order valence-corrected chi connectivity index (χ4v) is 3.73. The van der Waals surface area contributed by atoms with Gasteiger partial charge in [0.05, 0.1) is 12.2 Å². The van der Waals surface area contributed by atoms with Crippen LogP contribution in [0.1, 0.15) is 33.1 Å². The van der Waals surface area contributed by atoms with Crippen LogP contribution in [0.4, 0.5) is 0 Å². The van der Waals surface area contributed by atoms with Gasteiger partial charge in [-0.15, -0.1) is 0 Å². The normalized spacial score (nSPS) is 28.7. The number of nitrogens with one attached hydrogen (secondary N) is 1.